The standard InChI is InChI=1S/C11H16O2.C10H16O2.C10H16O/c1-10(2)7-4-5-11(10,3)9(13)8(12)6-7;1-9(2)7-4-5-10(9,3)12-8(11)6-7;1-9(2)7-4-5-10(9,3)8(11)6-7/h7H,4-6H2,1-3H3;7H,4-6H2,1-3H3;7H,4-6H2,1-3H3. The van der Waals surface area contributed by atoms with Crippen LogP contribution in [0.1, 0.15) is 120 Å². The summed E-state index contributed by atoms with van der Waals surface area (Å²) in [6.45, 7) is 19.4. The average Bonchev–Trinajstić information content (AvgIpc) is 3.18. The van der Waals surface area contributed by atoms with Crippen LogP contribution in [0.5, 0.6) is 0 Å². The maximum absolute atomic E-state index is 11.8. The number of rotatable bonds is 0. The maximum Gasteiger partial charge on any atom is 0.306 e. The number of Topliss-reactive ketones (excluding diaryl/α,β-unsaturated/α-hetero) is 3. The second kappa shape index (κ2) is 8.24. The van der Waals surface area contributed by atoms with E-state index in [-0.39, 0.29) is 50.2 Å². The zero-order valence-electron chi connectivity index (χ0n) is 24.1. The lowest BCUT2D eigenvalue weighted by Crippen LogP contribution is -2.49. The molecule has 6 bridgehead atoms. The highest BCUT2D eigenvalue weighted by molar-refractivity contribution is 6.40. The minimum atomic E-state index is -0.368. The number of hydrogen-bond donors (Lipinski definition) is 0. The summed E-state index contributed by atoms with van der Waals surface area (Å²) >= 11 is 0. The van der Waals surface area contributed by atoms with Crippen LogP contribution in [0.15, 0.2) is 0 Å². The van der Waals surface area contributed by atoms with Gasteiger partial charge in [0.15, 0.2) is 5.78 Å². The van der Waals surface area contributed by atoms with E-state index in [2.05, 4.69) is 55.4 Å². The number of carbonyl (C=O) groups is 4. The summed E-state index contributed by atoms with van der Waals surface area (Å²) < 4.78 is 5.44. The molecule has 0 radical (unpaired) electrons. The molecule has 0 N–H and O–H groups in total. The molecule has 0 aromatic carbocycles. The van der Waals surface area contributed by atoms with Gasteiger partial charge in [-0.2, -0.15) is 0 Å². The first-order valence-corrected chi connectivity index (χ1v) is 14.2. The lowest BCUT2D eigenvalue weighted by atomic mass is 9.58. The van der Waals surface area contributed by atoms with Crippen molar-refractivity contribution < 1.29 is 23.9 Å². The van der Waals surface area contributed by atoms with Gasteiger partial charge in [0.25, 0.3) is 0 Å². The molecule has 5 nitrogen and oxygen atoms in total. The first kappa shape index (κ1) is 27.5. The van der Waals surface area contributed by atoms with Crippen LogP contribution in [0.4, 0.5) is 0 Å². The van der Waals surface area contributed by atoms with E-state index in [1.165, 1.54) is 6.42 Å². The Hall–Kier alpha value is -1.52. The molecule has 6 atom stereocenters. The molecule has 202 valence electrons. The number of fused-ring (bicyclic) bond motifs is 6. The molecule has 0 amide bonds. The molecule has 0 spiro atoms. The van der Waals surface area contributed by atoms with Crippen molar-refractivity contribution in [2.24, 2.45) is 44.8 Å². The summed E-state index contributed by atoms with van der Waals surface area (Å²) in [5.41, 5.74) is -0.0410. The summed E-state index contributed by atoms with van der Waals surface area (Å²) in [6.07, 6.45) is 8.49. The van der Waals surface area contributed by atoms with Crippen molar-refractivity contribution in [1.82, 2.24) is 0 Å². The lowest BCUT2D eigenvalue weighted by molar-refractivity contribution is -0.182. The van der Waals surface area contributed by atoms with E-state index in [0.717, 1.165) is 38.5 Å². The summed E-state index contributed by atoms with van der Waals surface area (Å²) in [6, 6.07) is 0. The Morgan fingerprint density at radius 1 is 0.583 bits per heavy atom. The molecule has 5 aliphatic carbocycles. The highest BCUT2D eigenvalue weighted by Crippen LogP contribution is 2.63. The summed E-state index contributed by atoms with van der Waals surface area (Å²) in [4.78, 5) is 45.9. The van der Waals surface area contributed by atoms with Crippen LogP contribution >= 0.6 is 0 Å². The molecule has 5 heteroatoms. The van der Waals surface area contributed by atoms with E-state index < -0.39 is 0 Å². The van der Waals surface area contributed by atoms with Gasteiger partial charge in [-0.3, -0.25) is 19.2 Å². The maximum atomic E-state index is 11.8. The monoisotopic (exact) mass is 500 g/mol. The van der Waals surface area contributed by atoms with Crippen LogP contribution < -0.4 is 0 Å². The largest absolute Gasteiger partial charge is 0.459 e. The Labute approximate surface area is 217 Å². The highest BCUT2D eigenvalue weighted by atomic mass is 16.6. The van der Waals surface area contributed by atoms with Gasteiger partial charge in [0.2, 0.25) is 5.78 Å². The van der Waals surface area contributed by atoms with E-state index in [1.807, 2.05) is 6.92 Å². The Morgan fingerprint density at radius 2 is 1.06 bits per heavy atom. The Balaban J connectivity index is 0.000000127. The van der Waals surface area contributed by atoms with Crippen LogP contribution in [0.3, 0.4) is 0 Å². The Morgan fingerprint density at radius 3 is 1.50 bits per heavy atom. The van der Waals surface area contributed by atoms with Crippen LogP contribution in [0, 0.1) is 44.8 Å². The van der Waals surface area contributed by atoms with Gasteiger partial charge in [-0.25, -0.2) is 0 Å². The van der Waals surface area contributed by atoms with Crippen LogP contribution in [0.25, 0.3) is 0 Å². The highest BCUT2D eigenvalue weighted by Gasteiger charge is 2.62. The van der Waals surface area contributed by atoms with Crippen molar-refractivity contribution in [2.45, 2.75) is 126 Å². The topological polar surface area (TPSA) is 77.5 Å². The average molecular weight is 501 g/mol. The van der Waals surface area contributed by atoms with Crippen molar-refractivity contribution in [3.05, 3.63) is 0 Å². The SMILES string of the molecule is CC12CCC(CC(=O)C1=O)C2(C)C.CC12CCC(CC(=O)O1)C2(C)C.CC12CCC(CC1=O)C2(C)C. The third-order valence-electron chi connectivity index (χ3n) is 13.2. The fourth-order valence-corrected chi connectivity index (χ4v) is 8.48. The van der Waals surface area contributed by atoms with Gasteiger partial charge in [0.05, 0.1) is 0 Å². The predicted octanol–water partition coefficient (Wildman–Crippen LogP) is 6.50. The zero-order chi connectivity index (χ0) is 27.1. The smallest absolute Gasteiger partial charge is 0.306 e. The van der Waals surface area contributed by atoms with E-state index in [4.69, 9.17) is 4.74 Å². The van der Waals surface area contributed by atoms with E-state index in [1.54, 1.807) is 0 Å². The molecule has 0 aromatic heterocycles. The lowest BCUT2D eigenvalue weighted by Gasteiger charge is -2.44. The summed E-state index contributed by atoms with van der Waals surface area (Å²) in [5, 5.41) is 0. The second-order valence-electron chi connectivity index (χ2n) is 15.0. The normalized spacial score (nSPS) is 44.4. The first-order chi connectivity index (χ1) is 16.3. The molecule has 1 saturated heterocycles. The number of esters is 1. The van der Waals surface area contributed by atoms with Crippen molar-refractivity contribution in [1.29, 1.82) is 0 Å². The molecule has 0 aromatic rings. The molecule has 1 heterocycles. The number of hydrogen-bond acceptors (Lipinski definition) is 5. The molecule has 6 rings (SSSR count). The van der Waals surface area contributed by atoms with Crippen molar-refractivity contribution in [2.75, 3.05) is 0 Å². The quantitative estimate of drug-likeness (QED) is 0.280. The number of ketones is 3. The van der Waals surface area contributed by atoms with Crippen molar-refractivity contribution in [3.63, 3.8) is 0 Å². The minimum absolute atomic E-state index is 0.000625. The number of ether oxygens (including phenoxy) is 1. The molecule has 5 saturated carbocycles. The fourth-order valence-electron chi connectivity index (χ4n) is 8.48. The molecule has 1 aliphatic heterocycles. The van der Waals surface area contributed by atoms with Gasteiger partial charge in [-0.05, 0) is 74.0 Å². The Kier molecular flexibility index (Phi) is 6.30. The molecule has 6 aliphatic rings. The van der Waals surface area contributed by atoms with Crippen molar-refractivity contribution in [3.8, 4) is 0 Å². The Bertz CT molecular complexity index is 989. The van der Waals surface area contributed by atoms with Gasteiger partial charge < -0.3 is 4.74 Å². The van der Waals surface area contributed by atoms with Gasteiger partial charge in [0, 0.05) is 35.5 Å². The molecule has 36 heavy (non-hydrogen) atoms. The summed E-state index contributed by atoms with van der Waals surface area (Å²) in [7, 11) is 0. The van der Waals surface area contributed by atoms with Crippen LogP contribution in [-0.4, -0.2) is 28.9 Å². The fraction of sp³-hybridized carbons (Fsp3) is 0.871. The zero-order valence-corrected chi connectivity index (χ0v) is 24.1. The van der Waals surface area contributed by atoms with E-state index in [9.17, 15) is 19.2 Å². The third kappa shape index (κ3) is 3.61. The van der Waals surface area contributed by atoms with E-state index in [0.29, 0.717) is 36.4 Å². The first-order valence-electron chi connectivity index (χ1n) is 14.2. The minimum Gasteiger partial charge on any atom is -0.459 e. The molecule has 6 unspecified atom stereocenters. The predicted molar refractivity (Wildman–Crippen MR) is 139 cm³/mol. The molecule has 6 fully saturated rings. The number of carbonyl (C=O) groups excluding carboxylic acids is 4. The van der Waals surface area contributed by atoms with Gasteiger partial charge in [-0.15, -0.1) is 0 Å². The third-order valence-corrected chi connectivity index (χ3v) is 13.2. The van der Waals surface area contributed by atoms with Crippen LogP contribution in [-0.2, 0) is 23.9 Å². The van der Waals surface area contributed by atoms with Gasteiger partial charge in [-0.1, -0.05) is 55.4 Å². The van der Waals surface area contributed by atoms with Crippen LogP contribution in [0.2, 0.25) is 0 Å². The van der Waals surface area contributed by atoms with Crippen molar-refractivity contribution >= 4 is 23.3 Å². The molecular weight excluding hydrogens is 452 g/mol. The van der Waals surface area contributed by atoms with Gasteiger partial charge >= 0.3 is 5.97 Å². The van der Waals surface area contributed by atoms with Gasteiger partial charge in [0.1, 0.15) is 11.4 Å². The van der Waals surface area contributed by atoms with E-state index >= 15 is 0 Å². The molecular formula is C31H48O5. The second-order valence-corrected chi connectivity index (χ2v) is 15.0. The summed E-state index contributed by atoms with van der Waals surface area (Å²) in [5.74, 6) is 1.92.